The van der Waals surface area contributed by atoms with E-state index >= 15 is 0 Å². The summed E-state index contributed by atoms with van der Waals surface area (Å²) in [6, 6.07) is 5.93. The third-order valence-corrected chi connectivity index (χ3v) is 4.08. The number of H-pyrrole nitrogens is 1. The second kappa shape index (κ2) is 7.08. The standard InChI is InChI=1S/C18H20N2O5/c1-4-24-10(2)11-6-5-7-13-15(11)16-12(9-23-3)17(25-18(21)22)19-8-14(16)20-13/h5-8,10,20H,4,9H2,1-3H3,(H,21,22). The predicted molar refractivity (Wildman–Crippen MR) is 93.0 cm³/mol. The fourth-order valence-electron chi connectivity index (χ4n) is 3.14. The van der Waals surface area contributed by atoms with E-state index in [9.17, 15) is 4.79 Å². The van der Waals surface area contributed by atoms with Gasteiger partial charge in [0.1, 0.15) is 0 Å². The molecule has 2 N–H and O–H groups in total. The molecule has 0 fully saturated rings. The number of hydrogen-bond donors (Lipinski definition) is 2. The van der Waals surface area contributed by atoms with Crippen molar-refractivity contribution in [2.24, 2.45) is 0 Å². The smallest absolute Gasteiger partial charge is 0.449 e. The molecule has 0 saturated heterocycles. The van der Waals surface area contributed by atoms with E-state index in [0.29, 0.717) is 12.2 Å². The number of ether oxygens (including phenoxy) is 3. The minimum absolute atomic E-state index is 0.0293. The van der Waals surface area contributed by atoms with Crippen LogP contribution in [0, 0.1) is 0 Å². The van der Waals surface area contributed by atoms with Crippen molar-refractivity contribution in [2.45, 2.75) is 26.6 Å². The van der Waals surface area contributed by atoms with Gasteiger partial charge in [-0.2, -0.15) is 0 Å². The number of hydrogen-bond acceptors (Lipinski definition) is 5. The highest BCUT2D eigenvalue weighted by atomic mass is 16.7. The van der Waals surface area contributed by atoms with Crippen LogP contribution >= 0.6 is 0 Å². The first-order chi connectivity index (χ1) is 12.1. The third kappa shape index (κ3) is 3.16. The molecular weight excluding hydrogens is 324 g/mol. The van der Waals surface area contributed by atoms with Crippen LogP contribution in [0.15, 0.2) is 24.4 Å². The van der Waals surface area contributed by atoms with Gasteiger partial charge in [0.15, 0.2) is 0 Å². The van der Waals surface area contributed by atoms with Crippen molar-refractivity contribution < 1.29 is 24.1 Å². The molecule has 25 heavy (non-hydrogen) atoms. The number of nitrogens with one attached hydrogen (secondary N) is 1. The largest absolute Gasteiger partial charge is 0.512 e. The lowest BCUT2D eigenvalue weighted by molar-refractivity contribution is 0.0774. The Morgan fingerprint density at radius 2 is 2.12 bits per heavy atom. The quantitative estimate of drug-likeness (QED) is 0.656. The van der Waals surface area contributed by atoms with Gasteiger partial charge in [-0.3, -0.25) is 0 Å². The summed E-state index contributed by atoms with van der Waals surface area (Å²) in [5.41, 5.74) is 3.31. The van der Waals surface area contributed by atoms with Gasteiger partial charge in [-0.1, -0.05) is 12.1 Å². The van der Waals surface area contributed by atoms with Crippen LogP contribution < -0.4 is 4.74 Å². The summed E-state index contributed by atoms with van der Waals surface area (Å²) in [6.07, 6.45) is 0.0501. The molecule has 2 aromatic heterocycles. The summed E-state index contributed by atoms with van der Waals surface area (Å²) in [6.45, 7) is 4.71. The number of fused-ring (bicyclic) bond motifs is 3. The fourth-order valence-corrected chi connectivity index (χ4v) is 3.14. The number of aromatic amines is 1. The van der Waals surface area contributed by atoms with E-state index in [1.54, 1.807) is 13.3 Å². The van der Waals surface area contributed by atoms with Gasteiger partial charge in [0.25, 0.3) is 0 Å². The Bertz CT molecular complexity index is 919. The number of benzene rings is 1. The molecule has 3 aromatic rings. The SMILES string of the molecule is CCOC(C)c1cccc2[nH]c3cnc(OC(=O)O)c(COC)c3c12. The first kappa shape index (κ1) is 17.2. The molecule has 0 aliphatic heterocycles. The maximum absolute atomic E-state index is 11.0. The number of carboxylic acid groups (broad SMARTS) is 1. The Balaban J connectivity index is 2.34. The highest BCUT2D eigenvalue weighted by Crippen LogP contribution is 2.37. The number of rotatable bonds is 6. The summed E-state index contributed by atoms with van der Waals surface area (Å²) in [7, 11) is 1.54. The first-order valence-corrected chi connectivity index (χ1v) is 8.00. The molecule has 3 rings (SSSR count). The number of carbonyl (C=O) groups is 1. The summed E-state index contributed by atoms with van der Waals surface area (Å²) in [5.74, 6) is 0.0293. The molecule has 0 saturated carbocycles. The van der Waals surface area contributed by atoms with Gasteiger partial charge < -0.3 is 24.3 Å². The second-order valence-electron chi connectivity index (χ2n) is 5.62. The van der Waals surface area contributed by atoms with Gasteiger partial charge in [-0.15, -0.1) is 0 Å². The molecule has 0 amide bonds. The van der Waals surface area contributed by atoms with E-state index in [-0.39, 0.29) is 18.6 Å². The van der Waals surface area contributed by atoms with E-state index in [1.807, 2.05) is 32.0 Å². The van der Waals surface area contributed by atoms with Gasteiger partial charge in [0.05, 0.1) is 30.0 Å². The molecule has 1 atom stereocenters. The maximum Gasteiger partial charge on any atom is 0.512 e. The van der Waals surface area contributed by atoms with Crippen LogP contribution in [0.2, 0.25) is 0 Å². The van der Waals surface area contributed by atoms with Gasteiger partial charge in [0.2, 0.25) is 5.88 Å². The van der Waals surface area contributed by atoms with Crippen molar-refractivity contribution in [3.05, 3.63) is 35.5 Å². The van der Waals surface area contributed by atoms with Crippen molar-refractivity contribution in [3.8, 4) is 5.88 Å². The highest BCUT2D eigenvalue weighted by molar-refractivity contribution is 6.11. The molecule has 0 bridgehead atoms. The van der Waals surface area contributed by atoms with Crippen molar-refractivity contribution in [2.75, 3.05) is 13.7 Å². The fraction of sp³-hybridized carbons (Fsp3) is 0.333. The van der Waals surface area contributed by atoms with Crippen LogP contribution in [0.1, 0.15) is 31.1 Å². The Kier molecular flexibility index (Phi) is 4.87. The van der Waals surface area contributed by atoms with E-state index in [2.05, 4.69) is 9.97 Å². The van der Waals surface area contributed by atoms with Crippen molar-refractivity contribution >= 4 is 28.0 Å². The zero-order valence-corrected chi connectivity index (χ0v) is 14.3. The molecule has 0 radical (unpaired) electrons. The first-order valence-electron chi connectivity index (χ1n) is 8.00. The van der Waals surface area contributed by atoms with E-state index < -0.39 is 6.16 Å². The Morgan fingerprint density at radius 1 is 1.32 bits per heavy atom. The van der Waals surface area contributed by atoms with Crippen LogP contribution in [0.5, 0.6) is 5.88 Å². The zero-order chi connectivity index (χ0) is 18.0. The van der Waals surface area contributed by atoms with E-state index in [0.717, 1.165) is 27.4 Å². The topological polar surface area (TPSA) is 93.7 Å². The number of aromatic nitrogens is 2. The number of methoxy groups -OCH3 is 1. The normalized spacial score (nSPS) is 12.6. The van der Waals surface area contributed by atoms with Gasteiger partial charge in [-0.25, -0.2) is 9.78 Å². The summed E-state index contributed by atoms with van der Waals surface area (Å²) < 4.78 is 15.9. The molecule has 2 heterocycles. The van der Waals surface area contributed by atoms with E-state index in [1.165, 1.54) is 0 Å². The second-order valence-corrected chi connectivity index (χ2v) is 5.62. The zero-order valence-electron chi connectivity index (χ0n) is 14.3. The van der Waals surface area contributed by atoms with Gasteiger partial charge in [-0.05, 0) is 25.5 Å². The summed E-state index contributed by atoms with van der Waals surface area (Å²) in [5, 5.41) is 10.8. The van der Waals surface area contributed by atoms with E-state index in [4.69, 9.17) is 19.3 Å². The van der Waals surface area contributed by atoms with Crippen LogP contribution in [-0.2, 0) is 16.1 Å². The molecule has 0 aliphatic rings. The molecule has 1 aromatic carbocycles. The van der Waals surface area contributed by atoms with Crippen molar-refractivity contribution in [1.29, 1.82) is 0 Å². The number of pyridine rings is 1. The van der Waals surface area contributed by atoms with Crippen LogP contribution in [0.3, 0.4) is 0 Å². The van der Waals surface area contributed by atoms with Crippen LogP contribution in [0.25, 0.3) is 21.8 Å². The lowest BCUT2D eigenvalue weighted by Gasteiger charge is -2.14. The van der Waals surface area contributed by atoms with Crippen molar-refractivity contribution in [1.82, 2.24) is 9.97 Å². The van der Waals surface area contributed by atoms with Gasteiger partial charge >= 0.3 is 6.16 Å². The molecule has 7 heteroatoms. The monoisotopic (exact) mass is 344 g/mol. The van der Waals surface area contributed by atoms with Crippen LogP contribution in [-0.4, -0.2) is 34.9 Å². The average molecular weight is 344 g/mol. The lowest BCUT2D eigenvalue weighted by atomic mass is 10.0. The van der Waals surface area contributed by atoms with Crippen LogP contribution in [0.4, 0.5) is 4.79 Å². The summed E-state index contributed by atoms with van der Waals surface area (Å²) in [4.78, 5) is 18.4. The molecule has 0 spiro atoms. The Labute approximate surface area is 144 Å². The maximum atomic E-state index is 11.0. The van der Waals surface area contributed by atoms with Gasteiger partial charge in [0, 0.05) is 30.0 Å². The molecule has 7 nitrogen and oxygen atoms in total. The molecule has 0 aliphatic carbocycles. The van der Waals surface area contributed by atoms with Crippen molar-refractivity contribution in [3.63, 3.8) is 0 Å². The predicted octanol–water partition coefficient (Wildman–Crippen LogP) is 4.02. The number of nitrogens with zero attached hydrogens (tertiary/aromatic N) is 1. The minimum Gasteiger partial charge on any atom is -0.449 e. The summed E-state index contributed by atoms with van der Waals surface area (Å²) >= 11 is 0. The Morgan fingerprint density at radius 3 is 2.80 bits per heavy atom. The minimum atomic E-state index is -1.41. The third-order valence-electron chi connectivity index (χ3n) is 4.08. The molecular formula is C18H20N2O5. The molecule has 1 unspecified atom stereocenters. The highest BCUT2D eigenvalue weighted by Gasteiger charge is 2.20. The average Bonchev–Trinajstić information content (AvgIpc) is 2.95. The lowest BCUT2D eigenvalue weighted by Crippen LogP contribution is -2.08. The molecule has 132 valence electrons. The Hall–Kier alpha value is -2.64.